The van der Waals surface area contributed by atoms with Crippen LogP contribution in [0.5, 0.6) is 5.75 Å². The first-order chi connectivity index (χ1) is 9.17. The van der Waals surface area contributed by atoms with Gasteiger partial charge in [-0.15, -0.1) is 4.91 Å². The number of nitroso groups, excluding NO2 is 1. The van der Waals surface area contributed by atoms with Crippen molar-refractivity contribution in [2.45, 2.75) is 0 Å². The summed E-state index contributed by atoms with van der Waals surface area (Å²) in [4.78, 5) is 33.8. The Morgan fingerprint density at radius 2 is 1.79 bits per heavy atom. The molecule has 0 saturated carbocycles. The highest BCUT2D eigenvalue weighted by atomic mass is 16.3. The first kappa shape index (κ1) is 12.6. The Morgan fingerprint density at radius 1 is 1.11 bits per heavy atom. The van der Waals surface area contributed by atoms with E-state index in [1.165, 1.54) is 42.5 Å². The molecule has 0 aliphatic heterocycles. The van der Waals surface area contributed by atoms with E-state index >= 15 is 0 Å². The third-order valence-electron chi connectivity index (χ3n) is 2.67. The second kappa shape index (κ2) is 5.22. The van der Waals surface area contributed by atoms with Gasteiger partial charge in [0.1, 0.15) is 11.4 Å². The van der Waals surface area contributed by atoms with Crippen molar-refractivity contribution < 1.29 is 14.7 Å². The molecule has 0 heterocycles. The lowest BCUT2D eigenvalue weighted by atomic mass is 9.98. The van der Waals surface area contributed by atoms with E-state index in [9.17, 15) is 14.5 Å². The van der Waals surface area contributed by atoms with Crippen molar-refractivity contribution in [3.05, 3.63) is 64.1 Å². The molecule has 0 aliphatic carbocycles. The van der Waals surface area contributed by atoms with Gasteiger partial charge in [-0.25, -0.2) is 0 Å². The normalized spacial score (nSPS) is 9.89. The summed E-state index contributed by atoms with van der Waals surface area (Å²) in [7, 11) is 0. The van der Waals surface area contributed by atoms with Gasteiger partial charge in [0.15, 0.2) is 12.1 Å². The topological polar surface area (TPSA) is 83.8 Å². The highest BCUT2D eigenvalue weighted by Crippen LogP contribution is 2.23. The van der Waals surface area contributed by atoms with Crippen molar-refractivity contribution in [2.75, 3.05) is 0 Å². The molecule has 0 radical (unpaired) electrons. The molecule has 2 aromatic carbocycles. The van der Waals surface area contributed by atoms with E-state index in [-0.39, 0.29) is 22.6 Å². The molecular weight excluding hydrogens is 246 g/mol. The highest BCUT2D eigenvalue weighted by Gasteiger charge is 2.16. The molecule has 0 fully saturated rings. The standard InChI is InChI=1S/C14H9NO4/c16-8-12-11(2-1-3-13(12)15-19)14(18)9-4-6-10(17)7-5-9/h1-8,17H. The fraction of sp³-hybridized carbons (Fsp3) is 0. The van der Waals surface area contributed by atoms with Gasteiger partial charge in [0.25, 0.3) is 0 Å². The minimum absolute atomic E-state index is 0.0319. The van der Waals surface area contributed by atoms with Crippen LogP contribution in [0.4, 0.5) is 5.69 Å². The Hall–Kier alpha value is -2.82. The molecule has 0 unspecified atom stereocenters. The summed E-state index contributed by atoms with van der Waals surface area (Å²) in [6.07, 6.45) is 0.435. The first-order valence-electron chi connectivity index (χ1n) is 5.42. The Morgan fingerprint density at radius 3 is 2.37 bits per heavy atom. The maximum atomic E-state index is 12.2. The Bertz CT molecular complexity index is 647. The molecule has 5 nitrogen and oxygen atoms in total. The summed E-state index contributed by atoms with van der Waals surface area (Å²) < 4.78 is 0. The fourth-order valence-electron chi connectivity index (χ4n) is 1.72. The quantitative estimate of drug-likeness (QED) is 0.517. The van der Waals surface area contributed by atoms with Crippen LogP contribution in [0, 0.1) is 4.91 Å². The Kier molecular flexibility index (Phi) is 3.47. The average molecular weight is 255 g/mol. The van der Waals surface area contributed by atoms with Gasteiger partial charge in [0.2, 0.25) is 0 Å². The molecule has 94 valence electrons. The Labute approximate surface area is 108 Å². The van der Waals surface area contributed by atoms with Gasteiger partial charge in [-0.3, -0.25) is 9.59 Å². The van der Waals surface area contributed by atoms with Crippen LogP contribution in [-0.2, 0) is 0 Å². The number of carbonyl (C=O) groups excluding carboxylic acids is 2. The van der Waals surface area contributed by atoms with Crippen LogP contribution >= 0.6 is 0 Å². The molecule has 0 amide bonds. The van der Waals surface area contributed by atoms with Crippen LogP contribution in [-0.4, -0.2) is 17.2 Å². The number of rotatable bonds is 4. The highest BCUT2D eigenvalue weighted by molar-refractivity contribution is 6.14. The van der Waals surface area contributed by atoms with E-state index in [1.807, 2.05) is 0 Å². The van der Waals surface area contributed by atoms with Gasteiger partial charge < -0.3 is 5.11 Å². The predicted molar refractivity (Wildman–Crippen MR) is 68.8 cm³/mol. The number of carbonyl (C=O) groups is 2. The van der Waals surface area contributed by atoms with Crippen LogP contribution in [0.15, 0.2) is 47.6 Å². The van der Waals surface area contributed by atoms with Crippen molar-refractivity contribution in [3.63, 3.8) is 0 Å². The lowest BCUT2D eigenvalue weighted by Crippen LogP contribution is -2.05. The zero-order valence-electron chi connectivity index (χ0n) is 9.74. The molecule has 0 spiro atoms. The van der Waals surface area contributed by atoms with Crippen LogP contribution in [0.25, 0.3) is 0 Å². The molecule has 5 heteroatoms. The van der Waals surface area contributed by atoms with E-state index < -0.39 is 5.78 Å². The zero-order valence-corrected chi connectivity index (χ0v) is 9.74. The van der Waals surface area contributed by atoms with Gasteiger partial charge in [-0.05, 0) is 35.5 Å². The first-order valence-corrected chi connectivity index (χ1v) is 5.42. The van der Waals surface area contributed by atoms with Gasteiger partial charge in [-0.2, -0.15) is 0 Å². The third kappa shape index (κ3) is 2.40. The Balaban J connectivity index is 2.52. The maximum absolute atomic E-state index is 12.2. The average Bonchev–Trinajstić information content (AvgIpc) is 2.46. The largest absolute Gasteiger partial charge is 0.508 e. The number of aldehydes is 1. The summed E-state index contributed by atoms with van der Waals surface area (Å²) in [5.41, 5.74) is 0.317. The van der Waals surface area contributed by atoms with Gasteiger partial charge >= 0.3 is 0 Å². The molecule has 1 N–H and O–H groups in total. The van der Waals surface area contributed by atoms with Crippen molar-refractivity contribution >= 4 is 17.8 Å². The number of aromatic hydroxyl groups is 1. The summed E-state index contributed by atoms with van der Waals surface area (Å²) in [6, 6.07) is 9.92. The van der Waals surface area contributed by atoms with Crippen LogP contribution < -0.4 is 0 Å². The van der Waals surface area contributed by atoms with E-state index in [4.69, 9.17) is 5.11 Å². The summed E-state index contributed by atoms with van der Waals surface area (Å²) in [6.45, 7) is 0. The number of phenolic OH excluding ortho intramolecular Hbond substituents is 1. The van der Waals surface area contributed by atoms with E-state index in [2.05, 4.69) is 5.18 Å². The molecule has 19 heavy (non-hydrogen) atoms. The van der Waals surface area contributed by atoms with E-state index in [0.29, 0.717) is 11.8 Å². The van der Waals surface area contributed by atoms with E-state index in [1.54, 1.807) is 0 Å². The van der Waals surface area contributed by atoms with Crippen LogP contribution in [0.3, 0.4) is 0 Å². The number of hydrogen-bond donors (Lipinski definition) is 1. The lowest BCUT2D eigenvalue weighted by Gasteiger charge is -2.05. The smallest absolute Gasteiger partial charge is 0.193 e. The SMILES string of the molecule is O=Cc1c(N=O)cccc1C(=O)c1ccc(O)cc1. The molecule has 0 aliphatic rings. The summed E-state index contributed by atoms with van der Waals surface area (Å²) in [5, 5.41) is 11.9. The third-order valence-corrected chi connectivity index (χ3v) is 2.67. The number of benzene rings is 2. The minimum Gasteiger partial charge on any atom is -0.508 e. The molecule has 2 rings (SSSR count). The molecule has 0 aromatic heterocycles. The molecular formula is C14H9NO4. The molecule has 0 atom stereocenters. The van der Waals surface area contributed by atoms with Crippen molar-refractivity contribution in [1.29, 1.82) is 0 Å². The lowest BCUT2D eigenvalue weighted by molar-refractivity contribution is 0.102. The summed E-state index contributed by atoms with van der Waals surface area (Å²) in [5.74, 6) is -0.372. The molecule has 0 bridgehead atoms. The minimum atomic E-state index is -0.410. The second-order valence-corrected chi connectivity index (χ2v) is 3.82. The van der Waals surface area contributed by atoms with Gasteiger partial charge in [0, 0.05) is 11.1 Å². The number of nitrogens with zero attached hydrogens (tertiary/aromatic N) is 1. The number of hydrogen-bond acceptors (Lipinski definition) is 5. The zero-order chi connectivity index (χ0) is 13.8. The van der Waals surface area contributed by atoms with E-state index in [0.717, 1.165) is 0 Å². The van der Waals surface area contributed by atoms with Crippen molar-refractivity contribution in [1.82, 2.24) is 0 Å². The number of ketones is 1. The van der Waals surface area contributed by atoms with Crippen LogP contribution in [0.1, 0.15) is 26.3 Å². The van der Waals surface area contributed by atoms with Crippen LogP contribution in [0.2, 0.25) is 0 Å². The second-order valence-electron chi connectivity index (χ2n) is 3.82. The summed E-state index contributed by atoms with van der Waals surface area (Å²) >= 11 is 0. The predicted octanol–water partition coefficient (Wildman–Crippen LogP) is 2.83. The van der Waals surface area contributed by atoms with Crippen molar-refractivity contribution in [2.24, 2.45) is 5.18 Å². The monoisotopic (exact) mass is 255 g/mol. The number of phenols is 1. The molecule has 2 aromatic rings. The van der Waals surface area contributed by atoms with Gasteiger partial charge in [-0.1, -0.05) is 12.1 Å². The van der Waals surface area contributed by atoms with Gasteiger partial charge in [0.05, 0.1) is 5.56 Å². The van der Waals surface area contributed by atoms with Crippen molar-refractivity contribution in [3.8, 4) is 5.75 Å². The molecule has 0 saturated heterocycles. The maximum Gasteiger partial charge on any atom is 0.193 e. The fourth-order valence-corrected chi connectivity index (χ4v) is 1.72.